The van der Waals surface area contributed by atoms with E-state index in [1.807, 2.05) is 6.92 Å². The summed E-state index contributed by atoms with van der Waals surface area (Å²) < 4.78 is 18.9. The number of hydrogen-bond donors (Lipinski definition) is 1. The van der Waals surface area contributed by atoms with Gasteiger partial charge in [-0.25, -0.2) is 4.39 Å². The number of ether oxygens (including phenoxy) is 1. The highest BCUT2D eigenvalue weighted by molar-refractivity contribution is 5.40. The zero-order valence-electron chi connectivity index (χ0n) is 9.85. The molecule has 1 aromatic carbocycles. The first kappa shape index (κ1) is 11.4. The van der Waals surface area contributed by atoms with Crippen molar-refractivity contribution in [2.75, 3.05) is 7.11 Å². The highest BCUT2D eigenvalue weighted by Gasteiger charge is 2.37. The third-order valence-electron chi connectivity index (χ3n) is 3.48. The fraction of sp³-hybridized carbons (Fsp3) is 0.538. The maximum absolute atomic E-state index is 13.7. The molecule has 1 aliphatic rings. The third-order valence-corrected chi connectivity index (χ3v) is 3.48. The molecule has 1 saturated carbocycles. The third kappa shape index (κ3) is 2.19. The van der Waals surface area contributed by atoms with Crippen LogP contribution in [0, 0.1) is 12.7 Å². The van der Waals surface area contributed by atoms with Crippen molar-refractivity contribution in [3.8, 4) is 5.75 Å². The van der Waals surface area contributed by atoms with E-state index in [9.17, 15) is 4.39 Å². The molecule has 0 saturated heterocycles. The minimum atomic E-state index is -0.150. The van der Waals surface area contributed by atoms with Gasteiger partial charge in [0.15, 0.2) is 0 Å². The van der Waals surface area contributed by atoms with E-state index in [4.69, 9.17) is 10.5 Å². The summed E-state index contributed by atoms with van der Waals surface area (Å²) in [6.07, 6.45) is 3.69. The number of halogens is 1. The first-order chi connectivity index (χ1) is 7.56. The van der Waals surface area contributed by atoms with Crippen molar-refractivity contribution >= 4 is 0 Å². The summed E-state index contributed by atoms with van der Waals surface area (Å²) in [5, 5.41) is 0. The van der Waals surface area contributed by atoms with E-state index in [-0.39, 0.29) is 11.4 Å². The Kier molecular flexibility index (Phi) is 2.89. The van der Waals surface area contributed by atoms with Gasteiger partial charge in [-0.05, 0) is 55.9 Å². The smallest absolute Gasteiger partial charge is 0.126 e. The Bertz CT molecular complexity index is 399. The van der Waals surface area contributed by atoms with Crippen molar-refractivity contribution < 1.29 is 9.13 Å². The van der Waals surface area contributed by atoms with Crippen LogP contribution in [0.15, 0.2) is 12.1 Å². The number of benzene rings is 1. The second-order valence-corrected chi connectivity index (χ2v) is 4.72. The van der Waals surface area contributed by atoms with Gasteiger partial charge in [0.05, 0.1) is 7.11 Å². The van der Waals surface area contributed by atoms with Gasteiger partial charge in [-0.3, -0.25) is 0 Å². The molecule has 1 aliphatic carbocycles. The van der Waals surface area contributed by atoms with Crippen molar-refractivity contribution in [3.63, 3.8) is 0 Å². The largest absolute Gasteiger partial charge is 0.496 e. The van der Waals surface area contributed by atoms with Crippen LogP contribution >= 0.6 is 0 Å². The van der Waals surface area contributed by atoms with Crippen molar-refractivity contribution in [2.24, 2.45) is 5.73 Å². The maximum Gasteiger partial charge on any atom is 0.126 e. The lowest BCUT2D eigenvalue weighted by Crippen LogP contribution is -2.22. The Morgan fingerprint density at radius 2 is 2.12 bits per heavy atom. The van der Waals surface area contributed by atoms with Gasteiger partial charge in [-0.1, -0.05) is 0 Å². The summed E-state index contributed by atoms with van der Waals surface area (Å²) in [5.41, 5.74) is 7.63. The first-order valence-corrected chi connectivity index (χ1v) is 5.66. The highest BCUT2D eigenvalue weighted by atomic mass is 19.1. The Morgan fingerprint density at radius 1 is 1.44 bits per heavy atom. The van der Waals surface area contributed by atoms with Crippen molar-refractivity contribution in [2.45, 2.75) is 38.1 Å². The van der Waals surface area contributed by atoms with E-state index in [0.717, 1.165) is 36.1 Å². The number of methoxy groups -OCH3 is 1. The van der Waals surface area contributed by atoms with Gasteiger partial charge in [0.2, 0.25) is 0 Å². The van der Waals surface area contributed by atoms with Crippen molar-refractivity contribution in [1.29, 1.82) is 0 Å². The van der Waals surface area contributed by atoms with Crippen molar-refractivity contribution in [3.05, 3.63) is 29.1 Å². The molecule has 0 bridgehead atoms. The van der Waals surface area contributed by atoms with Crippen molar-refractivity contribution in [1.82, 2.24) is 0 Å². The molecule has 0 heterocycles. The average molecular weight is 223 g/mol. The van der Waals surface area contributed by atoms with Crippen LogP contribution in [-0.4, -0.2) is 12.6 Å². The molecule has 0 aromatic heterocycles. The molecule has 2 N–H and O–H groups in total. The lowest BCUT2D eigenvalue weighted by atomic mass is 9.99. The molecule has 2 nitrogen and oxygen atoms in total. The molecule has 1 aromatic rings. The lowest BCUT2D eigenvalue weighted by Gasteiger charge is -2.13. The Morgan fingerprint density at radius 3 is 2.69 bits per heavy atom. The molecular formula is C13H18FNO. The Hall–Kier alpha value is -1.09. The van der Waals surface area contributed by atoms with Gasteiger partial charge in [0, 0.05) is 5.54 Å². The fourth-order valence-corrected chi connectivity index (χ4v) is 2.01. The van der Waals surface area contributed by atoms with Gasteiger partial charge in [-0.2, -0.15) is 0 Å². The van der Waals surface area contributed by atoms with Gasteiger partial charge < -0.3 is 10.5 Å². The lowest BCUT2D eigenvalue weighted by molar-refractivity contribution is 0.409. The zero-order valence-corrected chi connectivity index (χ0v) is 9.85. The van der Waals surface area contributed by atoms with Crippen LogP contribution in [0.4, 0.5) is 4.39 Å². The molecule has 1 fully saturated rings. The van der Waals surface area contributed by atoms with Gasteiger partial charge >= 0.3 is 0 Å². The molecule has 0 unspecified atom stereocenters. The van der Waals surface area contributed by atoms with E-state index >= 15 is 0 Å². The molecule has 0 radical (unpaired) electrons. The molecule has 0 atom stereocenters. The van der Waals surface area contributed by atoms with Gasteiger partial charge in [0.1, 0.15) is 11.6 Å². The molecule has 0 spiro atoms. The normalized spacial score (nSPS) is 17.2. The van der Waals surface area contributed by atoms with Crippen LogP contribution in [0.2, 0.25) is 0 Å². The van der Waals surface area contributed by atoms with Gasteiger partial charge in [0.25, 0.3) is 0 Å². The molecular weight excluding hydrogens is 205 g/mol. The molecule has 88 valence electrons. The Labute approximate surface area is 95.6 Å². The highest BCUT2D eigenvalue weighted by Crippen LogP contribution is 2.37. The predicted octanol–water partition coefficient (Wildman–Crippen LogP) is 2.57. The van der Waals surface area contributed by atoms with E-state index < -0.39 is 0 Å². The quantitative estimate of drug-likeness (QED) is 0.851. The summed E-state index contributed by atoms with van der Waals surface area (Å²) in [5.74, 6) is 0.598. The van der Waals surface area contributed by atoms with E-state index in [0.29, 0.717) is 6.42 Å². The zero-order chi connectivity index (χ0) is 11.8. The maximum atomic E-state index is 13.7. The predicted molar refractivity (Wildman–Crippen MR) is 62.2 cm³/mol. The summed E-state index contributed by atoms with van der Waals surface area (Å²) in [4.78, 5) is 0. The first-order valence-electron chi connectivity index (χ1n) is 5.66. The molecule has 16 heavy (non-hydrogen) atoms. The summed E-state index contributed by atoms with van der Waals surface area (Å²) >= 11 is 0. The monoisotopic (exact) mass is 223 g/mol. The average Bonchev–Trinajstić information content (AvgIpc) is 2.97. The van der Waals surface area contributed by atoms with Gasteiger partial charge in [-0.15, -0.1) is 0 Å². The van der Waals surface area contributed by atoms with E-state index in [1.165, 1.54) is 6.07 Å². The number of nitrogens with two attached hydrogens (primary N) is 1. The molecule has 0 aliphatic heterocycles. The van der Waals surface area contributed by atoms with E-state index in [1.54, 1.807) is 13.2 Å². The summed E-state index contributed by atoms with van der Waals surface area (Å²) in [6.45, 7) is 1.90. The van der Waals surface area contributed by atoms with Crippen LogP contribution in [0.5, 0.6) is 5.75 Å². The SMILES string of the molecule is COc1ccc(F)c(CCC2(N)CC2)c1C. The van der Waals surface area contributed by atoms with Crippen LogP contribution in [0.1, 0.15) is 30.4 Å². The van der Waals surface area contributed by atoms with Crippen LogP contribution in [0.25, 0.3) is 0 Å². The minimum absolute atomic E-state index is 0.0258. The van der Waals surface area contributed by atoms with Crippen LogP contribution in [0.3, 0.4) is 0 Å². The number of hydrogen-bond acceptors (Lipinski definition) is 2. The topological polar surface area (TPSA) is 35.2 Å². The van der Waals surface area contributed by atoms with E-state index in [2.05, 4.69) is 0 Å². The molecule has 0 amide bonds. The van der Waals surface area contributed by atoms with Crippen LogP contribution < -0.4 is 10.5 Å². The number of rotatable bonds is 4. The fourth-order valence-electron chi connectivity index (χ4n) is 2.01. The molecule has 3 heteroatoms. The molecule has 2 rings (SSSR count). The Balaban J connectivity index is 2.17. The second-order valence-electron chi connectivity index (χ2n) is 4.72. The summed E-state index contributed by atoms with van der Waals surface area (Å²) in [6, 6.07) is 3.14. The second kappa shape index (κ2) is 4.06. The van der Waals surface area contributed by atoms with Crippen LogP contribution in [-0.2, 0) is 6.42 Å². The minimum Gasteiger partial charge on any atom is -0.496 e. The summed E-state index contributed by atoms with van der Waals surface area (Å²) in [7, 11) is 1.61. The standard InChI is InChI=1S/C13H18FNO/c1-9-10(5-6-13(15)7-8-13)11(14)3-4-12(9)16-2/h3-4H,5-8,15H2,1-2H3.